The fourth-order valence-electron chi connectivity index (χ4n) is 2.58. The summed E-state index contributed by atoms with van der Waals surface area (Å²) in [5, 5.41) is 9.22. The standard InChI is InChI=1S/C20H22N2O4/c1-5-9-26-17-8-7-14(11-18(17)25-6-2)10-15-13(3)16(12-21)20(24)22(4)19(15)23/h7-8,10-11H,5-6,9H2,1-4H3/b15-10+. The summed E-state index contributed by atoms with van der Waals surface area (Å²) in [7, 11) is 1.37. The second-order valence-corrected chi connectivity index (χ2v) is 5.83. The van der Waals surface area contributed by atoms with Crippen molar-refractivity contribution >= 4 is 17.9 Å². The number of hydrogen-bond donors (Lipinski definition) is 0. The summed E-state index contributed by atoms with van der Waals surface area (Å²) in [4.78, 5) is 25.4. The van der Waals surface area contributed by atoms with Crippen molar-refractivity contribution in [3.8, 4) is 17.6 Å². The van der Waals surface area contributed by atoms with E-state index in [1.54, 1.807) is 25.1 Å². The lowest BCUT2D eigenvalue weighted by molar-refractivity contribution is -0.138. The Hall–Kier alpha value is -3.07. The highest BCUT2D eigenvalue weighted by Crippen LogP contribution is 2.31. The van der Waals surface area contributed by atoms with Crippen LogP contribution in [0.2, 0.25) is 0 Å². The van der Waals surface area contributed by atoms with Gasteiger partial charge in [0, 0.05) is 12.6 Å². The molecular formula is C20H22N2O4. The van der Waals surface area contributed by atoms with Crippen molar-refractivity contribution in [2.75, 3.05) is 20.3 Å². The number of nitrogens with zero attached hydrogens (tertiary/aromatic N) is 2. The van der Waals surface area contributed by atoms with Crippen LogP contribution in [0.5, 0.6) is 11.5 Å². The van der Waals surface area contributed by atoms with E-state index in [0.29, 0.717) is 35.9 Å². The van der Waals surface area contributed by atoms with Crippen LogP contribution < -0.4 is 9.47 Å². The third kappa shape index (κ3) is 3.77. The Bertz CT molecular complexity index is 831. The molecule has 2 rings (SSSR count). The van der Waals surface area contributed by atoms with Crippen LogP contribution in [0.4, 0.5) is 0 Å². The molecule has 1 aliphatic rings. The molecule has 26 heavy (non-hydrogen) atoms. The van der Waals surface area contributed by atoms with Crippen LogP contribution >= 0.6 is 0 Å². The number of rotatable bonds is 6. The van der Waals surface area contributed by atoms with Gasteiger partial charge in [0.25, 0.3) is 11.8 Å². The smallest absolute Gasteiger partial charge is 0.271 e. The van der Waals surface area contributed by atoms with Crippen LogP contribution in [0.15, 0.2) is 34.9 Å². The van der Waals surface area contributed by atoms with Gasteiger partial charge in [-0.15, -0.1) is 0 Å². The van der Waals surface area contributed by atoms with Gasteiger partial charge in [0.05, 0.1) is 13.2 Å². The first-order chi connectivity index (χ1) is 12.4. The zero-order chi connectivity index (χ0) is 19.3. The van der Waals surface area contributed by atoms with Gasteiger partial charge in [-0.1, -0.05) is 13.0 Å². The zero-order valence-corrected chi connectivity index (χ0v) is 15.5. The Labute approximate surface area is 153 Å². The topological polar surface area (TPSA) is 79.6 Å². The van der Waals surface area contributed by atoms with E-state index >= 15 is 0 Å². The van der Waals surface area contributed by atoms with Gasteiger partial charge in [0.1, 0.15) is 11.6 Å². The molecule has 0 bridgehead atoms. The highest BCUT2D eigenvalue weighted by molar-refractivity contribution is 6.19. The van der Waals surface area contributed by atoms with Crippen LogP contribution in [0.1, 0.15) is 32.8 Å². The van der Waals surface area contributed by atoms with Crippen molar-refractivity contribution in [2.45, 2.75) is 27.2 Å². The number of hydrogen-bond acceptors (Lipinski definition) is 5. The molecule has 0 aromatic heterocycles. The number of ether oxygens (including phenoxy) is 2. The Morgan fingerprint density at radius 1 is 1.15 bits per heavy atom. The van der Waals surface area contributed by atoms with Crippen molar-refractivity contribution in [3.05, 3.63) is 40.5 Å². The van der Waals surface area contributed by atoms with E-state index in [-0.39, 0.29) is 5.57 Å². The average molecular weight is 354 g/mol. The number of imide groups is 1. The minimum Gasteiger partial charge on any atom is -0.490 e. The molecule has 0 saturated carbocycles. The van der Waals surface area contributed by atoms with Crippen molar-refractivity contribution in [2.24, 2.45) is 0 Å². The normalized spacial score (nSPS) is 16.1. The predicted molar refractivity (Wildman–Crippen MR) is 97.5 cm³/mol. The number of carbonyl (C=O) groups is 2. The summed E-state index contributed by atoms with van der Waals surface area (Å²) >= 11 is 0. The van der Waals surface area contributed by atoms with E-state index in [1.807, 2.05) is 26.0 Å². The minimum absolute atomic E-state index is 0.0220. The van der Waals surface area contributed by atoms with E-state index < -0.39 is 11.8 Å². The van der Waals surface area contributed by atoms with Crippen LogP contribution in [-0.2, 0) is 9.59 Å². The summed E-state index contributed by atoms with van der Waals surface area (Å²) < 4.78 is 11.3. The summed E-state index contributed by atoms with van der Waals surface area (Å²) in [6.45, 7) is 6.57. The summed E-state index contributed by atoms with van der Waals surface area (Å²) in [5.74, 6) is 0.217. The molecule has 0 unspecified atom stereocenters. The highest BCUT2D eigenvalue weighted by Gasteiger charge is 2.32. The van der Waals surface area contributed by atoms with Crippen LogP contribution in [0.25, 0.3) is 6.08 Å². The number of carbonyl (C=O) groups excluding carboxylic acids is 2. The van der Waals surface area contributed by atoms with Crippen molar-refractivity contribution in [1.29, 1.82) is 5.26 Å². The molecule has 0 saturated heterocycles. The van der Waals surface area contributed by atoms with Gasteiger partial charge in [-0.25, -0.2) is 0 Å². The van der Waals surface area contributed by atoms with Gasteiger partial charge in [0.15, 0.2) is 11.5 Å². The molecule has 0 spiro atoms. The van der Waals surface area contributed by atoms with Crippen LogP contribution in [-0.4, -0.2) is 37.0 Å². The molecule has 0 radical (unpaired) electrons. The molecule has 0 aliphatic carbocycles. The molecule has 1 aromatic rings. The van der Waals surface area contributed by atoms with Gasteiger partial charge < -0.3 is 9.47 Å². The van der Waals surface area contributed by atoms with Crippen LogP contribution in [0.3, 0.4) is 0 Å². The molecule has 1 heterocycles. The first-order valence-electron chi connectivity index (χ1n) is 8.49. The number of likely N-dealkylation sites (N-methyl/N-ethyl adjacent to an activating group) is 1. The number of amides is 2. The molecule has 6 heteroatoms. The molecule has 136 valence electrons. The quantitative estimate of drug-likeness (QED) is 0.579. The molecule has 6 nitrogen and oxygen atoms in total. The molecule has 2 amide bonds. The van der Waals surface area contributed by atoms with E-state index in [0.717, 1.165) is 16.9 Å². The summed E-state index contributed by atoms with van der Waals surface area (Å²) in [5.41, 5.74) is 1.39. The SMILES string of the molecule is CCCOc1ccc(/C=C2/C(=O)N(C)C(=O)C(C#N)=C2C)cc1OCC. The molecule has 0 N–H and O–H groups in total. The first kappa shape index (κ1) is 19.3. The van der Waals surface area contributed by atoms with Gasteiger partial charge in [-0.05, 0) is 49.6 Å². The molecule has 0 fully saturated rings. The maximum absolute atomic E-state index is 12.5. The fraction of sp³-hybridized carbons (Fsp3) is 0.350. The maximum atomic E-state index is 12.5. The fourth-order valence-corrected chi connectivity index (χ4v) is 2.58. The van der Waals surface area contributed by atoms with Crippen molar-refractivity contribution in [3.63, 3.8) is 0 Å². The van der Waals surface area contributed by atoms with E-state index in [4.69, 9.17) is 9.47 Å². The molecule has 1 aromatic carbocycles. The second-order valence-electron chi connectivity index (χ2n) is 5.83. The number of benzene rings is 1. The Morgan fingerprint density at radius 3 is 2.50 bits per heavy atom. The first-order valence-corrected chi connectivity index (χ1v) is 8.49. The highest BCUT2D eigenvalue weighted by atomic mass is 16.5. The summed E-state index contributed by atoms with van der Waals surface area (Å²) in [6, 6.07) is 7.27. The lowest BCUT2D eigenvalue weighted by Crippen LogP contribution is -2.39. The number of nitriles is 1. The van der Waals surface area contributed by atoms with E-state index in [2.05, 4.69) is 0 Å². The monoisotopic (exact) mass is 354 g/mol. The zero-order valence-electron chi connectivity index (χ0n) is 15.5. The molecular weight excluding hydrogens is 332 g/mol. The van der Waals surface area contributed by atoms with Crippen molar-refractivity contribution in [1.82, 2.24) is 4.90 Å². The molecule has 0 atom stereocenters. The van der Waals surface area contributed by atoms with E-state index in [9.17, 15) is 14.9 Å². The Balaban J connectivity index is 2.49. The predicted octanol–water partition coefficient (Wildman–Crippen LogP) is 3.10. The minimum atomic E-state index is -0.578. The van der Waals surface area contributed by atoms with Crippen molar-refractivity contribution < 1.29 is 19.1 Å². The van der Waals surface area contributed by atoms with Gasteiger partial charge in [0.2, 0.25) is 0 Å². The van der Waals surface area contributed by atoms with Gasteiger partial charge in [-0.2, -0.15) is 5.26 Å². The molecule has 1 aliphatic heterocycles. The van der Waals surface area contributed by atoms with Crippen LogP contribution in [0, 0.1) is 11.3 Å². The summed E-state index contributed by atoms with van der Waals surface area (Å²) in [6.07, 6.45) is 2.54. The Kier molecular flexibility index (Phi) is 6.18. The lowest BCUT2D eigenvalue weighted by atomic mass is 9.94. The average Bonchev–Trinajstić information content (AvgIpc) is 2.63. The van der Waals surface area contributed by atoms with Gasteiger partial charge in [-0.3, -0.25) is 14.5 Å². The maximum Gasteiger partial charge on any atom is 0.271 e. The second kappa shape index (κ2) is 8.34. The Morgan fingerprint density at radius 2 is 1.88 bits per heavy atom. The largest absolute Gasteiger partial charge is 0.490 e. The van der Waals surface area contributed by atoms with Gasteiger partial charge >= 0.3 is 0 Å². The third-order valence-corrected chi connectivity index (χ3v) is 3.98. The lowest BCUT2D eigenvalue weighted by Gasteiger charge is -2.23. The third-order valence-electron chi connectivity index (χ3n) is 3.98. The van der Waals surface area contributed by atoms with E-state index in [1.165, 1.54) is 7.05 Å².